The molecule has 0 unspecified atom stereocenters. The molecule has 0 aliphatic heterocycles. The number of halogens is 1. The van der Waals surface area contributed by atoms with Crippen molar-refractivity contribution in [2.45, 2.75) is 6.42 Å². The molecule has 1 aliphatic carbocycles. The van der Waals surface area contributed by atoms with E-state index in [-0.39, 0.29) is 11.8 Å². The van der Waals surface area contributed by atoms with E-state index < -0.39 is 5.83 Å². The third kappa shape index (κ3) is 3.29. The molecule has 0 bridgehead atoms. The first-order valence-electron chi connectivity index (χ1n) is 7.26. The Labute approximate surface area is 133 Å². The van der Waals surface area contributed by atoms with Gasteiger partial charge in [-0.1, -0.05) is 49.1 Å². The summed E-state index contributed by atoms with van der Waals surface area (Å²) in [6, 6.07) is 9.28. The van der Waals surface area contributed by atoms with Crippen LogP contribution >= 0.6 is 0 Å². The molecule has 0 amide bonds. The Morgan fingerprint density at radius 2 is 1.78 bits per heavy atom. The molecular formula is C20H15FO2. The highest BCUT2D eigenvalue weighted by Gasteiger charge is 2.13. The van der Waals surface area contributed by atoms with Crippen molar-refractivity contribution in [1.82, 2.24) is 0 Å². The van der Waals surface area contributed by atoms with Crippen molar-refractivity contribution >= 4 is 6.08 Å². The molecule has 114 valence electrons. The van der Waals surface area contributed by atoms with Crippen LogP contribution in [0, 0.1) is 0 Å². The lowest BCUT2D eigenvalue weighted by Gasteiger charge is -2.07. The fraction of sp³-hybridized carbons (Fsp3) is 0.0500. The summed E-state index contributed by atoms with van der Waals surface area (Å²) in [6.45, 7) is 3.80. The number of hydrogen-bond donors (Lipinski definition) is 0. The third-order valence-corrected chi connectivity index (χ3v) is 3.61. The summed E-state index contributed by atoms with van der Waals surface area (Å²) in [5.41, 5.74) is 2.15. The van der Waals surface area contributed by atoms with Crippen LogP contribution in [-0.2, 0) is 6.42 Å². The van der Waals surface area contributed by atoms with Crippen molar-refractivity contribution in [3.63, 3.8) is 0 Å². The van der Waals surface area contributed by atoms with E-state index in [1.165, 1.54) is 18.4 Å². The predicted molar refractivity (Wildman–Crippen MR) is 90.6 cm³/mol. The molecule has 0 spiro atoms. The first kappa shape index (κ1) is 15.0. The van der Waals surface area contributed by atoms with Gasteiger partial charge < -0.3 is 4.42 Å². The van der Waals surface area contributed by atoms with Crippen LogP contribution < -0.4 is 5.43 Å². The number of fused-ring (bicyclic) bond motifs is 1. The van der Waals surface area contributed by atoms with Gasteiger partial charge in [0.15, 0.2) is 5.43 Å². The largest absolute Gasteiger partial charge is 0.464 e. The van der Waals surface area contributed by atoms with Crippen molar-refractivity contribution < 1.29 is 8.81 Å². The highest BCUT2D eigenvalue weighted by molar-refractivity contribution is 5.65. The van der Waals surface area contributed by atoms with Crippen LogP contribution in [0.4, 0.5) is 4.39 Å². The minimum Gasteiger partial charge on any atom is -0.464 e. The van der Waals surface area contributed by atoms with E-state index >= 15 is 0 Å². The maximum absolute atomic E-state index is 13.7. The second kappa shape index (κ2) is 6.44. The third-order valence-electron chi connectivity index (χ3n) is 3.61. The van der Waals surface area contributed by atoms with E-state index in [1.807, 2.05) is 30.3 Å². The summed E-state index contributed by atoms with van der Waals surface area (Å²) >= 11 is 0. The van der Waals surface area contributed by atoms with E-state index in [0.717, 1.165) is 5.56 Å². The standard InChI is InChI=1S/C20H15FO2/c1-14-7-9-16(21)10-11-17-19(12-8-14)23-13-18(20(17)22)15-5-3-2-4-6-15/h2-10,12-13H,1,11H2/b9-7-,12-8?,16-10+. The van der Waals surface area contributed by atoms with Crippen LogP contribution in [0.1, 0.15) is 11.3 Å². The molecule has 1 aromatic carbocycles. The van der Waals surface area contributed by atoms with Gasteiger partial charge in [0, 0.05) is 12.0 Å². The fourth-order valence-electron chi connectivity index (χ4n) is 2.36. The minimum absolute atomic E-state index is 0.152. The molecule has 2 aromatic rings. The van der Waals surface area contributed by atoms with E-state index in [1.54, 1.807) is 18.2 Å². The minimum atomic E-state index is -0.406. The molecule has 23 heavy (non-hydrogen) atoms. The van der Waals surface area contributed by atoms with Crippen LogP contribution in [-0.4, -0.2) is 0 Å². The van der Waals surface area contributed by atoms with Crippen molar-refractivity contribution in [3.8, 4) is 11.1 Å². The predicted octanol–water partition coefficient (Wildman–Crippen LogP) is 4.84. The lowest BCUT2D eigenvalue weighted by atomic mass is 10.0. The van der Waals surface area contributed by atoms with Gasteiger partial charge in [-0.3, -0.25) is 4.79 Å². The van der Waals surface area contributed by atoms with E-state index in [4.69, 9.17) is 4.42 Å². The molecule has 0 saturated carbocycles. The number of rotatable bonds is 1. The average Bonchev–Trinajstić information content (AvgIpc) is 2.57. The van der Waals surface area contributed by atoms with Gasteiger partial charge >= 0.3 is 0 Å². The topological polar surface area (TPSA) is 30.2 Å². The van der Waals surface area contributed by atoms with Gasteiger partial charge in [-0.15, -0.1) is 0 Å². The summed E-state index contributed by atoms with van der Waals surface area (Å²) < 4.78 is 19.4. The zero-order valence-corrected chi connectivity index (χ0v) is 12.5. The lowest BCUT2D eigenvalue weighted by Crippen LogP contribution is -2.12. The molecule has 3 heteroatoms. The Balaban J connectivity index is 2.17. The van der Waals surface area contributed by atoms with Gasteiger partial charge in [0.2, 0.25) is 0 Å². The molecule has 0 fully saturated rings. The van der Waals surface area contributed by atoms with Gasteiger partial charge in [0.1, 0.15) is 17.9 Å². The monoisotopic (exact) mass is 306 g/mol. The average molecular weight is 306 g/mol. The summed E-state index contributed by atoms with van der Waals surface area (Å²) in [5, 5.41) is 0. The molecule has 1 aromatic heterocycles. The molecule has 3 rings (SSSR count). The maximum atomic E-state index is 13.7. The van der Waals surface area contributed by atoms with E-state index in [9.17, 15) is 9.18 Å². The van der Waals surface area contributed by atoms with Gasteiger partial charge in [-0.05, 0) is 29.4 Å². The zero-order chi connectivity index (χ0) is 16.2. The molecule has 2 nitrogen and oxygen atoms in total. The molecule has 0 N–H and O–H groups in total. The van der Waals surface area contributed by atoms with Crippen LogP contribution in [0.25, 0.3) is 17.2 Å². The molecular weight excluding hydrogens is 291 g/mol. The first-order chi connectivity index (χ1) is 11.1. The van der Waals surface area contributed by atoms with Crippen molar-refractivity contribution in [1.29, 1.82) is 0 Å². The Morgan fingerprint density at radius 3 is 2.57 bits per heavy atom. The van der Waals surface area contributed by atoms with Crippen LogP contribution in [0.2, 0.25) is 0 Å². The quantitative estimate of drug-likeness (QED) is 0.754. The Hall–Kier alpha value is -2.94. The van der Waals surface area contributed by atoms with Gasteiger partial charge in [0.25, 0.3) is 0 Å². The van der Waals surface area contributed by atoms with E-state index in [2.05, 4.69) is 6.58 Å². The number of allylic oxidation sites excluding steroid dienone is 6. The molecule has 0 saturated heterocycles. The van der Waals surface area contributed by atoms with E-state index in [0.29, 0.717) is 22.5 Å². The highest BCUT2D eigenvalue weighted by Crippen LogP contribution is 2.20. The summed E-state index contributed by atoms with van der Waals surface area (Å²) in [4.78, 5) is 12.8. The first-order valence-corrected chi connectivity index (χ1v) is 7.26. The molecule has 0 radical (unpaired) electrons. The normalized spacial score (nSPS) is 18.0. The van der Waals surface area contributed by atoms with Crippen LogP contribution in [0.5, 0.6) is 0 Å². The number of benzene rings is 1. The molecule has 1 aliphatic rings. The van der Waals surface area contributed by atoms with Crippen molar-refractivity contribution in [2.24, 2.45) is 0 Å². The Kier molecular flexibility index (Phi) is 4.20. The zero-order valence-electron chi connectivity index (χ0n) is 12.5. The lowest BCUT2D eigenvalue weighted by molar-refractivity contribution is 0.532. The summed E-state index contributed by atoms with van der Waals surface area (Å²) in [5.74, 6) is 0.0205. The van der Waals surface area contributed by atoms with Crippen molar-refractivity contribution in [3.05, 3.63) is 100 Å². The van der Waals surface area contributed by atoms with Crippen LogP contribution in [0.15, 0.2) is 88.1 Å². The molecule has 0 atom stereocenters. The fourth-order valence-corrected chi connectivity index (χ4v) is 2.36. The smallest absolute Gasteiger partial charge is 0.196 e. The second-order valence-corrected chi connectivity index (χ2v) is 5.22. The SMILES string of the molecule is C=C1C=Cc2occ(-c3ccccc3)c(=O)c2C/C=C(F)\C=C/1. The second-order valence-electron chi connectivity index (χ2n) is 5.22. The maximum Gasteiger partial charge on any atom is 0.196 e. The van der Waals surface area contributed by atoms with Crippen LogP contribution in [0.3, 0.4) is 0 Å². The molecule has 1 heterocycles. The van der Waals surface area contributed by atoms with Gasteiger partial charge in [0.05, 0.1) is 5.56 Å². The van der Waals surface area contributed by atoms with Crippen molar-refractivity contribution in [2.75, 3.05) is 0 Å². The summed E-state index contributed by atoms with van der Waals surface area (Å²) in [6.07, 6.45) is 9.28. The Morgan fingerprint density at radius 1 is 1.04 bits per heavy atom. The van der Waals surface area contributed by atoms with Gasteiger partial charge in [-0.25, -0.2) is 4.39 Å². The van der Waals surface area contributed by atoms with Gasteiger partial charge in [-0.2, -0.15) is 0 Å². The summed E-state index contributed by atoms with van der Waals surface area (Å²) in [7, 11) is 0. The Bertz CT molecular complexity index is 884. The highest BCUT2D eigenvalue weighted by atomic mass is 19.1. The number of hydrogen-bond acceptors (Lipinski definition) is 2.